The first-order valence-electron chi connectivity index (χ1n) is 5.77. The van der Waals surface area contributed by atoms with Crippen molar-refractivity contribution in [1.82, 2.24) is 0 Å². The molecule has 0 radical (unpaired) electrons. The van der Waals surface area contributed by atoms with Crippen molar-refractivity contribution in [1.29, 1.82) is 0 Å². The number of aliphatic imine (C=N–C) groups is 1. The van der Waals surface area contributed by atoms with Gasteiger partial charge in [-0.2, -0.15) is 0 Å². The molecule has 0 saturated carbocycles. The van der Waals surface area contributed by atoms with Crippen LogP contribution in [0.1, 0.15) is 31.7 Å². The summed E-state index contributed by atoms with van der Waals surface area (Å²) < 4.78 is 0. The number of nitrogens with zero attached hydrogens (tertiary/aromatic N) is 2. The number of benzene rings is 1. The minimum atomic E-state index is 0.456. The molecule has 3 nitrogen and oxygen atoms in total. The molecule has 0 atom stereocenters. The molecule has 16 heavy (non-hydrogen) atoms. The molecule has 1 aromatic rings. The summed E-state index contributed by atoms with van der Waals surface area (Å²) in [7, 11) is 0. The maximum atomic E-state index is 10.5. The van der Waals surface area contributed by atoms with Crippen molar-refractivity contribution < 1.29 is 0 Å². The minimum Gasteiger partial charge on any atom is -0.268 e. The van der Waals surface area contributed by atoms with Crippen LogP contribution < -0.4 is 0 Å². The van der Waals surface area contributed by atoms with Crippen LogP contribution in [0.5, 0.6) is 0 Å². The predicted molar refractivity (Wildman–Crippen MR) is 67.8 cm³/mol. The fourth-order valence-corrected chi connectivity index (χ4v) is 1.49. The van der Waals surface area contributed by atoms with E-state index in [2.05, 4.69) is 22.3 Å². The second kappa shape index (κ2) is 7.74. The molecule has 0 aliphatic rings. The van der Waals surface area contributed by atoms with E-state index < -0.39 is 0 Å². The Labute approximate surface area is 96.6 Å². The van der Waals surface area contributed by atoms with E-state index in [1.165, 1.54) is 5.56 Å². The van der Waals surface area contributed by atoms with Gasteiger partial charge in [-0.3, -0.25) is 4.99 Å². The molecule has 0 aliphatic heterocycles. The van der Waals surface area contributed by atoms with Crippen LogP contribution in [0.3, 0.4) is 0 Å². The summed E-state index contributed by atoms with van der Waals surface area (Å²) in [5, 5.41) is 2.96. The Morgan fingerprint density at radius 2 is 2.00 bits per heavy atom. The van der Waals surface area contributed by atoms with E-state index in [0.717, 1.165) is 19.3 Å². The Bertz CT molecular complexity index is 333. The van der Waals surface area contributed by atoms with Gasteiger partial charge >= 0.3 is 0 Å². The van der Waals surface area contributed by atoms with Gasteiger partial charge in [0.2, 0.25) is 0 Å². The van der Waals surface area contributed by atoms with E-state index in [-0.39, 0.29) is 0 Å². The summed E-state index contributed by atoms with van der Waals surface area (Å²) in [4.78, 5) is 14.6. The first-order valence-corrected chi connectivity index (χ1v) is 5.77. The summed E-state index contributed by atoms with van der Waals surface area (Å²) in [5.74, 6) is 0.456. The Balaban J connectivity index is 2.31. The lowest BCUT2D eigenvalue weighted by Gasteiger charge is -2.00. The number of aryl methyl sites for hydroxylation is 1. The van der Waals surface area contributed by atoms with Crippen LogP contribution in [-0.4, -0.2) is 12.4 Å². The zero-order valence-electron chi connectivity index (χ0n) is 9.72. The van der Waals surface area contributed by atoms with Crippen LogP contribution in [0.4, 0.5) is 0 Å². The van der Waals surface area contributed by atoms with Crippen molar-refractivity contribution in [2.45, 2.75) is 32.6 Å². The summed E-state index contributed by atoms with van der Waals surface area (Å²) in [6.45, 7) is 2.74. The van der Waals surface area contributed by atoms with Crippen LogP contribution >= 0.6 is 0 Å². The van der Waals surface area contributed by atoms with Crippen molar-refractivity contribution in [2.24, 2.45) is 10.2 Å². The second-order valence-corrected chi connectivity index (χ2v) is 3.73. The molecule has 0 spiro atoms. The lowest BCUT2D eigenvalue weighted by atomic mass is 10.1. The topological polar surface area (TPSA) is 41.8 Å². The van der Waals surface area contributed by atoms with Gasteiger partial charge in [0.05, 0.1) is 0 Å². The number of amidine groups is 1. The summed E-state index contributed by atoms with van der Waals surface area (Å²) >= 11 is 0. The van der Waals surface area contributed by atoms with E-state index in [0.29, 0.717) is 18.8 Å². The Kier molecular flexibility index (Phi) is 6.07. The zero-order chi connectivity index (χ0) is 11.6. The van der Waals surface area contributed by atoms with Crippen molar-refractivity contribution >= 4 is 5.84 Å². The van der Waals surface area contributed by atoms with Crippen LogP contribution in [0.2, 0.25) is 0 Å². The third-order valence-corrected chi connectivity index (χ3v) is 2.33. The van der Waals surface area contributed by atoms with Crippen LogP contribution in [0.15, 0.2) is 40.5 Å². The van der Waals surface area contributed by atoms with Gasteiger partial charge in [-0.25, -0.2) is 0 Å². The van der Waals surface area contributed by atoms with Crippen molar-refractivity contribution in [3.63, 3.8) is 0 Å². The van der Waals surface area contributed by atoms with Gasteiger partial charge in [-0.05, 0) is 30.0 Å². The molecule has 3 heteroatoms. The SMILES string of the molecule is CCCN=C(CCCc1ccccc1)N=O. The van der Waals surface area contributed by atoms with Gasteiger partial charge in [0.1, 0.15) is 0 Å². The van der Waals surface area contributed by atoms with Gasteiger partial charge in [-0.1, -0.05) is 37.3 Å². The lowest BCUT2D eigenvalue weighted by molar-refractivity contribution is 0.846. The highest BCUT2D eigenvalue weighted by atomic mass is 16.3. The Morgan fingerprint density at radius 3 is 2.62 bits per heavy atom. The van der Waals surface area contributed by atoms with Crippen molar-refractivity contribution in [3.8, 4) is 0 Å². The Morgan fingerprint density at radius 1 is 1.25 bits per heavy atom. The molecule has 0 bridgehead atoms. The number of hydrogen-bond donors (Lipinski definition) is 0. The number of hydrogen-bond acceptors (Lipinski definition) is 2. The molecule has 0 amide bonds. The van der Waals surface area contributed by atoms with Crippen LogP contribution in [-0.2, 0) is 6.42 Å². The molecule has 0 aromatic heterocycles. The largest absolute Gasteiger partial charge is 0.268 e. The third-order valence-electron chi connectivity index (χ3n) is 2.33. The molecule has 0 N–H and O–H groups in total. The molecule has 1 rings (SSSR count). The van der Waals surface area contributed by atoms with Crippen LogP contribution in [0.25, 0.3) is 0 Å². The maximum Gasteiger partial charge on any atom is 0.168 e. The van der Waals surface area contributed by atoms with Crippen molar-refractivity contribution in [3.05, 3.63) is 40.8 Å². The Hall–Kier alpha value is -1.51. The molecular weight excluding hydrogens is 200 g/mol. The summed E-state index contributed by atoms with van der Waals surface area (Å²) in [6.07, 6.45) is 3.54. The van der Waals surface area contributed by atoms with Crippen molar-refractivity contribution in [2.75, 3.05) is 6.54 Å². The standard InChI is InChI=1S/C13H18N2O/c1-2-11-14-13(15-16)10-6-9-12-7-4-3-5-8-12/h3-5,7-8H,2,6,9-11H2,1H3. The van der Waals surface area contributed by atoms with E-state index in [1.807, 2.05) is 25.1 Å². The van der Waals surface area contributed by atoms with E-state index >= 15 is 0 Å². The van der Waals surface area contributed by atoms with Crippen LogP contribution in [0, 0.1) is 4.91 Å². The third kappa shape index (κ3) is 4.82. The van der Waals surface area contributed by atoms with E-state index in [1.54, 1.807) is 0 Å². The predicted octanol–water partition coefficient (Wildman–Crippen LogP) is 3.58. The van der Waals surface area contributed by atoms with Gasteiger partial charge in [-0.15, -0.1) is 4.91 Å². The quantitative estimate of drug-likeness (QED) is 0.408. The second-order valence-electron chi connectivity index (χ2n) is 3.73. The molecule has 86 valence electrons. The summed E-state index contributed by atoms with van der Waals surface area (Å²) in [6, 6.07) is 10.2. The highest BCUT2D eigenvalue weighted by molar-refractivity contribution is 5.82. The average molecular weight is 218 g/mol. The first kappa shape index (κ1) is 12.6. The number of nitroso groups, excluding NO2 is 1. The highest BCUT2D eigenvalue weighted by Crippen LogP contribution is 2.05. The van der Waals surface area contributed by atoms with Gasteiger partial charge in [0.15, 0.2) is 5.84 Å². The maximum absolute atomic E-state index is 10.5. The average Bonchev–Trinajstić information content (AvgIpc) is 2.35. The highest BCUT2D eigenvalue weighted by Gasteiger charge is 1.99. The lowest BCUT2D eigenvalue weighted by Crippen LogP contribution is -1.96. The molecular formula is C13H18N2O. The molecule has 0 heterocycles. The molecule has 0 unspecified atom stereocenters. The van der Waals surface area contributed by atoms with Gasteiger partial charge in [0, 0.05) is 13.0 Å². The first-order chi connectivity index (χ1) is 7.86. The van der Waals surface area contributed by atoms with Gasteiger partial charge in [0.25, 0.3) is 0 Å². The normalized spacial score (nSPS) is 11.4. The fourth-order valence-electron chi connectivity index (χ4n) is 1.49. The molecule has 0 fully saturated rings. The van der Waals surface area contributed by atoms with Gasteiger partial charge < -0.3 is 0 Å². The summed E-state index contributed by atoms with van der Waals surface area (Å²) in [5.41, 5.74) is 1.29. The molecule has 0 aliphatic carbocycles. The molecule has 0 saturated heterocycles. The minimum absolute atomic E-state index is 0.456. The number of rotatable bonds is 6. The van der Waals surface area contributed by atoms with E-state index in [4.69, 9.17) is 0 Å². The monoisotopic (exact) mass is 218 g/mol. The fraction of sp³-hybridized carbons (Fsp3) is 0.462. The van der Waals surface area contributed by atoms with E-state index in [9.17, 15) is 4.91 Å². The smallest absolute Gasteiger partial charge is 0.168 e. The zero-order valence-corrected chi connectivity index (χ0v) is 9.72. The molecule has 1 aromatic carbocycles.